The smallest absolute Gasteiger partial charge is 0.319 e. The molecule has 0 aliphatic heterocycles. The molecule has 0 fully saturated rings. The number of rotatable bonds is 49. The number of halogens is 1. The minimum atomic E-state index is -5.19. The molecule has 0 aliphatic rings. The zero-order valence-corrected chi connectivity index (χ0v) is 56.1. The van der Waals surface area contributed by atoms with E-state index < -0.39 is 131 Å². The normalized spacial score (nSPS) is 14.3. The van der Waals surface area contributed by atoms with Gasteiger partial charge in [-0.1, -0.05) is 0 Å². The SMILES string of the molecule is C=C.C=C.C=C.C=C.C=C.C=C.C=C.C=C.C=C.C=C.C=C.C=C.[3H]NCC(COP(=O)([O-])O)COP(=O)([O-])OCCOOOOO/C=C\OP(=O)([O-])OCCOOOOO/C=C/OP(=O)([O-])OCC(CNF)COP(=O)([O-])OCCOOOOO/C=C/OP(C)(=O)[O-]. The van der Waals surface area contributed by atoms with E-state index in [1.54, 1.807) is 0 Å². The van der Waals surface area contributed by atoms with E-state index in [0.717, 1.165) is 12.2 Å². The van der Waals surface area contributed by atoms with Crippen LogP contribution in [0.4, 0.5) is 4.48 Å². The third-order valence-electron chi connectivity index (χ3n) is 5.18. The zero-order chi connectivity index (χ0) is 76.0. The van der Waals surface area contributed by atoms with E-state index in [1.165, 1.54) is 0 Å². The van der Waals surface area contributed by atoms with Crippen molar-refractivity contribution in [1.29, 1.82) is 0 Å². The fraction of sp³-hybridized carbons (Fsp3) is 0.333. The average molecular weight is 1470 g/mol. The Balaban J connectivity index is -0.000000216. The van der Waals surface area contributed by atoms with Crippen LogP contribution in [0.5, 0.6) is 0 Å². The summed E-state index contributed by atoms with van der Waals surface area (Å²) in [7, 11) is -29.4. The number of phosphoric ester groups is 5. The second kappa shape index (κ2) is 94.8. The molecule has 0 aromatic rings. The van der Waals surface area contributed by atoms with E-state index in [9.17, 15) is 61.2 Å². The van der Waals surface area contributed by atoms with Gasteiger partial charge in [0.05, 0.1) is 46.2 Å². The Morgan fingerprint density at radius 3 is 0.967 bits per heavy atom. The summed E-state index contributed by atoms with van der Waals surface area (Å²) in [6, 6.07) is 0. The predicted molar refractivity (Wildman–Crippen MR) is 317 cm³/mol. The first-order valence-electron chi connectivity index (χ1n) is 23.3. The number of nitrogens with one attached hydrogen (secondary N) is 1. The lowest BCUT2D eigenvalue weighted by Crippen LogP contribution is -2.27. The van der Waals surface area contributed by atoms with Gasteiger partial charge in [0.25, 0.3) is 23.5 Å². The maximum Gasteiger partial charge on any atom is 0.319 e. The summed E-state index contributed by atoms with van der Waals surface area (Å²) < 4.78 is 131. The molecule has 0 heterocycles. The summed E-state index contributed by atoms with van der Waals surface area (Å²) in [5.41, 5.74) is 3.03. The molecule has 0 amide bonds. The van der Waals surface area contributed by atoms with Gasteiger partial charge < -0.3 is 99.9 Å². The molecule has 0 spiro atoms. The maximum absolute atomic E-state index is 12.7. The van der Waals surface area contributed by atoms with Crippen molar-refractivity contribution >= 4 is 46.7 Å². The third kappa shape index (κ3) is 116. The number of phosphoric acid groups is 5. The van der Waals surface area contributed by atoms with E-state index >= 15 is 0 Å². The van der Waals surface area contributed by atoms with Gasteiger partial charge in [-0.15, -0.1) is 162 Å². The van der Waals surface area contributed by atoms with Crippen molar-refractivity contribution < 1.29 is 187 Å². The van der Waals surface area contributed by atoms with Crippen LogP contribution in [-0.2, 0) is 147 Å². The Bertz CT molecular complexity index is 1900. The van der Waals surface area contributed by atoms with Crippen molar-refractivity contribution in [3.8, 4) is 0 Å². The first-order valence-corrected chi connectivity index (χ1v) is 32.1. The van der Waals surface area contributed by atoms with E-state index in [1.807, 2.05) is 5.73 Å². The van der Waals surface area contributed by atoms with Crippen LogP contribution in [0.15, 0.2) is 195 Å². The van der Waals surface area contributed by atoms with E-state index in [-0.39, 0.29) is 6.54 Å². The Morgan fingerprint density at radius 2 is 0.674 bits per heavy atom. The summed E-state index contributed by atoms with van der Waals surface area (Å²) in [5.74, 6) is -2.29. The van der Waals surface area contributed by atoms with E-state index in [0.29, 0.717) is 37.6 Å². The average Bonchev–Trinajstić information content (AvgIpc) is 3.06. The second-order valence-corrected chi connectivity index (χ2v) is 19.0. The van der Waals surface area contributed by atoms with Crippen LogP contribution >= 0.6 is 46.7 Å². The summed E-state index contributed by atoms with van der Waals surface area (Å²) in [4.78, 5) is 102. The zero-order valence-electron chi connectivity index (χ0n) is 51.7. The Kier molecular flexibility index (Phi) is 118. The lowest BCUT2D eigenvalue weighted by molar-refractivity contribution is -0.700. The monoisotopic (exact) mass is 1470 g/mol. The topological polar surface area (TPSA) is 530 Å². The first-order chi connectivity index (χ1) is 44.4. The van der Waals surface area contributed by atoms with E-state index in [4.69, 9.17) is 6.31 Å². The first kappa shape index (κ1) is 114. The molecule has 4 N–H and O–H groups in total. The van der Waals surface area contributed by atoms with Gasteiger partial charge in [-0.05, 0) is 21.7 Å². The molecule has 0 radical (unpaired) electrons. The highest BCUT2D eigenvalue weighted by molar-refractivity contribution is 7.50. The fourth-order valence-corrected chi connectivity index (χ4v) is 6.04. The van der Waals surface area contributed by atoms with Crippen molar-refractivity contribution in [2.75, 3.05) is 85.8 Å². The molecule has 0 aliphatic carbocycles. The molecule has 0 saturated carbocycles. The van der Waals surface area contributed by atoms with Crippen molar-refractivity contribution in [1.82, 2.24) is 5.54 Å². The second-order valence-electron chi connectivity index (χ2n) is 10.5. The maximum atomic E-state index is 12.7. The number of hydrogen-bond acceptors (Lipinski definition) is 39. The van der Waals surface area contributed by atoms with Crippen LogP contribution in [-0.4, -0.2) is 90.7 Å². The highest BCUT2D eigenvalue weighted by Crippen LogP contribution is 2.42. The van der Waals surface area contributed by atoms with Crippen LogP contribution in [0.25, 0.3) is 0 Å². The molecule has 92 heavy (non-hydrogen) atoms. The third-order valence-corrected chi connectivity index (χ3v) is 9.81. The Labute approximate surface area is 537 Å². The van der Waals surface area contributed by atoms with Gasteiger partial charge >= 0.3 is 15.6 Å². The summed E-state index contributed by atoms with van der Waals surface area (Å²) >= 11 is 0. The van der Waals surface area contributed by atoms with E-state index in [2.05, 4.69) is 278 Å². The highest BCUT2D eigenvalue weighted by atomic mass is 31.2. The molecule has 0 aromatic carbocycles. The molecule has 8 atom stereocenters. The number of nitrogens with two attached hydrogens (primary N) is 1. The Hall–Kier alpha value is -4.91. The summed E-state index contributed by atoms with van der Waals surface area (Å²) in [5, 5.41) is 35.0. The molecule has 0 aromatic heterocycles. The molecule has 8 unspecified atom stereocenters. The minimum Gasteiger partial charge on any atom is -0.769 e. The van der Waals surface area contributed by atoms with Crippen molar-refractivity contribution in [3.63, 3.8) is 0 Å². The summed E-state index contributed by atoms with van der Waals surface area (Å²) in [6.07, 6.45) is 2.66. The standard InChI is InChI=1S/C21H45FN2O38P6.12C2H4/c1-63(25,26)44-8-2-38-54-60-57-42-6-12-48-67(34,35)52-18-21(15-24-22)19-53-68(36,37)49-13-7-43-59-62-56-40-4-10-46-65(30,31)45-9-3-39-55-61-58-41-5-11-47-66(32,33)51-17-20(14-23)16-50-64(27,28)29;12*1-2/h2-3,7-9,13,20-21,24H,4-6,10-12,14-19,23H2,1H3,(H,25,26)(H,30,31)(H,32,33)(H,34,35)(H,36,37)(H2,27,28,29);12*1-2H2/p-6/b8-2+,9-3-,13-7+;;;;;;;;;;;;/i/hT. The predicted octanol–water partition coefficient (Wildman–Crippen LogP) is 6.60. The van der Waals surface area contributed by atoms with Gasteiger partial charge in [0, 0.05) is 55.3 Å². The van der Waals surface area contributed by atoms with Gasteiger partial charge in [-0.2, -0.15) is 5.54 Å². The lowest BCUT2D eigenvalue weighted by Gasteiger charge is -2.27. The molecule has 0 bridgehead atoms. The van der Waals surface area contributed by atoms with Gasteiger partial charge in [-0.25, -0.2) is 14.7 Å². The van der Waals surface area contributed by atoms with Gasteiger partial charge in [0.15, 0.2) is 26.4 Å². The van der Waals surface area contributed by atoms with Gasteiger partial charge in [-0.3, -0.25) is 27.4 Å². The molecule has 0 rings (SSSR count). The molecular weight excluding hydrogens is 1380 g/mol. The number of hydrogen-bond donors (Lipinski definition) is 3. The van der Waals surface area contributed by atoms with Crippen LogP contribution in [0, 0.1) is 11.8 Å². The van der Waals surface area contributed by atoms with Crippen LogP contribution in [0.2, 0.25) is 1.41 Å². The largest absolute Gasteiger partial charge is 0.769 e. The molecular formula is C45H87FN2O38P6-6. The van der Waals surface area contributed by atoms with Gasteiger partial charge in [0.1, 0.15) is 40.0 Å². The fourth-order valence-electron chi connectivity index (χ4n) is 2.63. The molecule has 548 valence electrons. The van der Waals surface area contributed by atoms with Gasteiger partial charge in [0.2, 0.25) is 0 Å². The van der Waals surface area contributed by atoms with Crippen molar-refractivity contribution in [3.05, 3.63) is 195 Å². The molecule has 47 heteroatoms. The quantitative estimate of drug-likeness (QED) is 0.0110. The lowest BCUT2D eigenvalue weighted by atomic mass is 10.2. The van der Waals surface area contributed by atoms with Crippen LogP contribution in [0.3, 0.4) is 0 Å². The summed E-state index contributed by atoms with van der Waals surface area (Å²) in [6.45, 7) is 64.5. The van der Waals surface area contributed by atoms with Crippen molar-refractivity contribution in [2.45, 2.75) is 0 Å². The molecule has 40 nitrogen and oxygen atoms in total. The van der Waals surface area contributed by atoms with Crippen LogP contribution < -0.4 is 40.6 Å². The van der Waals surface area contributed by atoms with Crippen molar-refractivity contribution in [2.24, 2.45) is 17.6 Å². The Morgan fingerprint density at radius 1 is 0.402 bits per heavy atom. The molecule has 0 saturated heterocycles. The highest BCUT2D eigenvalue weighted by Gasteiger charge is 2.20. The van der Waals surface area contributed by atoms with Crippen LogP contribution in [0.1, 0.15) is 0 Å². The minimum absolute atomic E-state index is 0.287.